The number of fused-ring (bicyclic) bond motifs is 3. The lowest BCUT2D eigenvalue weighted by atomic mass is 9.84. The molecule has 0 unspecified atom stereocenters. The Bertz CT molecular complexity index is 1220. The maximum absolute atomic E-state index is 12.7. The second-order valence-corrected chi connectivity index (χ2v) is 5.90. The minimum Gasteiger partial charge on any atom is -0.439 e. The minimum atomic E-state index is -0.847. The Morgan fingerprint density at radius 1 is 1.15 bits per heavy atom. The third-order valence-corrected chi connectivity index (χ3v) is 4.41. The third kappa shape index (κ3) is 2.49. The first-order valence-electron chi connectivity index (χ1n) is 7.89. The summed E-state index contributed by atoms with van der Waals surface area (Å²) < 4.78 is 11.0. The normalized spacial score (nSPS) is 15.7. The van der Waals surface area contributed by atoms with E-state index in [9.17, 15) is 20.2 Å². The highest BCUT2D eigenvalue weighted by Crippen LogP contribution is 2.43. The summed E-state index contributed by atoms with van der Waals surface area (Å²) in [5.41, 5.74) is 6.18. The van der Waals surface area contributed by atoms with Crippen molar-refractivity contribution in [1.29, 1.82) is 5.26 Å². The number of allylic oxidation sites excluding steroid dienone is 1. The van der Waals surface area contributed by atoms with Gasteiger partial charge in [-0.15, -0.1) is 0 Å². The van der Waals surface area contributed by atoms with Crippen LogP contribution in [0.2, 0.25) is 0 Å². The fraction of sp³-hybridized carbons (Fsp3) is 0.0526. The van der Waals surface area contributed by atoms with Crippen molar-refractivity contribution in [2.24, 2.45) is 5.73 Å². The zero-order valence-electron chi connectivity index (χ0n) is 13.7. The Kier molecular flexibility index (Phi) is 3.63. The number of ether oxygens (including phenoxy) is 1. The number of non-ortho nitro benzene ring substituents is 1. The number of nitriles is 1. The number of nitro benzene ring substituents is 1. The van der Waals surface area contributed by atoms with Crippen LogP contribution >= 0.6 is 0 Å². The van der Waals surface area contributed by atoms with Crippen molar-refractivity contribution in [1.82, 2.24) is 0 Å². The number of nitrogens with two attached hydrogens (primary N) is 1. The Morgan fingerprint density at radius 3 is 2.52 bits per heavy atom. The third-order valence-electron chi connectivity index (χ3n) is 4.41. The molecule has 2 heterocycles. The first-order valence-corrected chi connectivity index (χ1v) is 7.89. The van der Waals surface area contributed by atoms with E-state index in [1.807, 2.05) is 6.07 Å². The van der Waals surface area contributed by atoms with Gasteiger partial charge in [-0.25, -0.2) is 4.79 Å². The summed E-state index contributed by atoms with van der Waals surface area (Å²) in [6.07, 6.45) is 0. The van der Waals surface area contributed by atoms with Gasteiger partial charge in [-0.3, -0.25) is 10.1 Å². The maximum Gasteiger partial charge on any atom is 0.344 e. The van der Waals surface area contributed by atoms with Crippen LogP contribution in [-0.2, 0) is 0 Å². The number of para-hydroxylation sites is 1. The highest BCUT2D eigenvalue weighted by atomic mass is 16.6. The first kappa shape index (κ1) is 16.4. The van der Waals surface area contributed by atoms with E-state index in [-0.39, 0.29) is 28.5 Å². The van der Waals surface area contributed by atoms with Crippen LogP contribution in [0.15, 0.2) is 69.2 Å². The van der Waals surface area contributed by atoms with Crippen molar-refractivity contribution in [3.05, 3.63) is 91.6 Å². The predicted octanol–water partition coefficient (Wildman–Crippen LogP) is 2.92. The molecule has 0 amide bonds. The summed E-state index contributed by atoms with van der Waals surface area (Å²) >= 11 is 0. The van der Waals surface area contributed by atoms with Gasteiger partial charge in [0.1, 0.15) is 17.2 Å². The molecule has 0 spiro atoms. The van der Waals surface area contributed by atoms with Gasteiger partial charge in [0.15, 0.2) is 5.75 Å². The number of nitrogens with zero attached hydrogens (tertiary/aromatic N) is 2. The molecule has 3 aromatic rings. The van der Waals surface area contributed by atoms with Gasteiger partial charge in [0, 0.05) is 12.1 Å². The molecular formula is C19H11N3O5. The van der Waals surface area contributed by atoms with Crippen LogP contribution in [0.3, 0.4) is 0 Å². The standard InChI is InChI=1S/C19H11N3O5/c20-9-13-15(10-5-7-11(8-6-10)22(24)25)16-17(27-18(13)21)12-3-1-2-4-14(12)26-19(16)23/h1-8,15H,21H2/t15-/m1/s1. The van der Waals surface area contributed by atoms with E-state index < -0.39 is 16.5 Å². The fourth-order valence-electron chi connectivity index (χ4n) is 3.19. The molecule has 8 nitrogen and oxygen atoms in total. The van der Waals surface area contributed by atoms with Crippen molar-refractivity contribution in [3.8, 4) is 11.8 Å². The van der Waals surface area contributed by atoms with E-state index in [0.29, 0.717) is 16.5 Å². The van der Waals surface area contributed by atoms with Crippen LogP contribution < -0.4 is 16.1 Å². The maximum atomic E-state index is 12.7. The first-order chi connectivity index (χ1) is 13.0. The zero-order valence-corrected chi connectivity index (χ0v) is 13.7. The molecule has 27 heavy (non-hydrogen) atoms. The quantitative estimate of drug-likeness (QED) is 0.421. The minimum absolute atomic E-state index is 0.0407. The van der Waals surface area contributed by atoms with Gasteiger partial charge in [-0.2, -0.15) is 5.26 Å². The van der Waals surface area contributed by atoms with E-state index in [1.54, 1.807) is 24.3 Å². The predicted molar refractivity (Wildman–Crippen MR) is 94.9 cm³/mol. The van der Waals surface area contributed by atoms with Crippen LogP contribution in [0.1, 0.15) is 17.0 Å². The van der Waals surface area contributed by atoms with Gasteiger partial charge in [0.05, 0.1) is 21.8 Å². The second-order valence-electron chi connectivity index (χ2n) is 5.90. The molecule has 132 valence electrons. The highest BCUT2D eigenvalue weighted by molar-refractivity contribution is 5.86. The summed E-state index contributed by atoms with van der Waals surface area (Å²) in [6.45, 7) is 0. The van der Waals surface area contributed by atoms with Crippen LogP contribution in [0.25, 0.3) is 11.0 Å². The van der Waals surface area contributed by atoms with Gasteiger partial charge in [0.25, 0.3) is 5.69 Å². The molecular weight excluding hydrogens is 350 g/mol. The molecule has 0 aliphatic carbocycles. The van der Waals surface area contributed by atoms with Crippen molar-refractivity contribution in [2.45, 2.75) is 5.92 Å². The topological polar surface area (TPSA) is 132 Å². The summed E-state index contributed by atoms with van der Waals surface area (Å²) in [6, 6.07) is 14.4. The van der Waals surface area contributed by atoms with Gasteiger partial charge in [-0.1, -0.05) is 24.3 Å². The molecule has 2 aromatic carbocycles. The number of hydrogen-bond donors (Lipinski definition) is 1. The van der Waals surface area contributed by atoms with Crippen molar-refractivity contribution in [3.63, 3.8) is 0 Å². The lowest BCUT2D eigenvalue weighted by Gasteiger charge is -2.25. The van der Waals surface area contributed by atoms with E-state index in [1.165, 1.54) is 24.3 Å². The highest BCUT2D eigenvalue weighted by Gasteiger charge is 2.35. The molecule has 4 rings (SSSR count). The van der Waals surface area contributed by atoms with Gasteiger partial charge in [0.2, 0.25) is 5.88 Å². The molecule has 1 aliphatic heterocycles. The molecule has 0 radical (unpaired) electrons. The van der Waals surface area contributed by atoms with Crippen molar-refractivity contribution < 1.29 is 14.1 Å². The second kappa shape index (κ2) is 6.00. The Labute approximate surface area is 151 Å². The molecule has 8 heteroatoms. The molecule has 2 N–H and O–H groups in total. The summed E-state index contributed by atoms with van der Waals surface area (Å²) in [5.74, 6) is -0.744. The summed E-state index contributed by atoms with van der Waals surface area (Å²) in [5, 5.41) is 21.0. The number of hydrogen-bond acceptors (Lipinski definition) is 7. The number of rotatable bonds is 2. The van der Waals surface area contributed by atoms with Gasteiger partial charge >= 0.3 is 5.63 Å². The van der Waals surface area contributed by atoms with Gasteiger partial charge in [-0.05, 0) is 17.7 Å². The Hall–Kier alpha value is -4.12. The lowest BCUT2D eigenvalue weighted by molar-refractivity contribution is -0.384. The van der Waals surface area contributed by atoms with E-state index in [2.05, 4.69) is 0 Å². The Morgan fingerprint density at radius 2 is 1.85 bits per heavy atom. The van der Waals surface area contributed by atoms with E-state index in [4.69, 9.17) is 14.9 Å². The molecule has 0 fully saturated rings. The SMILES string of the molecule is N#CC1=C(N)Oc2c(c(=O)oc3ccccc23)[C@@H]1c1ccc([N+](=O)[O-])cc1. The average molecular weight is 361 g/mol. The van der Waals surface area contributed by atoms with Crippen molar-refractivity contribution in [2.75, 3.05) is 0 Å². The molecule has 1 aliphatic rings. The molecule has 0 bridgehead atoms. The lowest BCUT2D eigenvalue weighted by Crippen LogP contribution is -2.26. The van der Waals surface area contributed by atoms with Crippen LogP contribution in [0, 0.1) is 21.4 Å². The average Bonchev–Trinajstić information content (AvgIpc) is 2.67. The molecule has 0 saturated heterocycles. The largest absolute Gasteiger partial charge is 0.439 e. The van der Waals surface area contributed by atoms with Crippen LogP contribution in [0.5, 0.6) is 5.75 Å². The van der Waals surface area contributed by atoms with Gasteiger partial charge < -0.3 is 14.9 Å². The molecule has 1 aromatic heterocycles. The summed E-state index contributed by atoms with van der Waals surface area (Å²) in [4.78, 5) is 23.0. The monoisotopic (exact) mass is 361 g/mol. The number of nitro groups is 1. The molecule has 0 saturated carbocycles. The fourth-order valence-corrected chi connectivity index (χ4v) is 3.19. The van der Waals surface area contributed by atoms with E-state index in [0.717, 1.165) is 0 Å². The Balaban J connectivity index is 2.01. The smallest absolute Gasteiger partial charge is 0.344 e. The zero-order chi connectivity index (χ0) is 19.1. The van der Waals surface area contributed by atoms with Crippen LogP contribution in [0.4, 0.5) is 5.69 Å². The molecule has 1 atom stereocenters. The van der Waals surface area contributed by atoms with Crippen LogP contribution in [-0.4, -0.2) is 4.92 Å². The number of benzene rings is 2. The van der Waals surface area contributed by atoms with E-state index >= 15 is 0 Å². The van der Waals surface area contributed by atoms with Crippen molar-refractivity contribution >= 4 is 16.7 Å². The summed E-state index contributed by atoms with van der Waals surface area (Å²) in [7, 11) is 0.